The third-order valence-electron chi connectivity index (χ3n) is 5.11. The largest absolute Gasteiger partial charge is 0.463 e. The number of halogens is 1. The SMILES string of the molecule is COC(=O)c1cc2cc(Nc3ncc(F)c(N[C@H]4CCC[C@H]4C(N)=O)n3)ccc2o1. The molecule has 4 N–H and O–H groups in total. The zero-order valence-electron chi connectivity index (χ0n) is 16.1. The number of aromatic nitrogens is 2. The highest BCUT2D eigenvalue weighted by molar-refractivity contribution is 5.93. The molecule has 0 saturated heterocycles. The van der Waals surface area contributed by atoms with Crippen LogP contribution in [-0.2, 0) is 9.53 Å². The third kappa shape index (κ3) is 3.88. The highest BCUT2D eigenvalue weighted by Gasteiger charge is 2.32. The smallest absolute Gasteiger partial charge is 0.373 e. The molecule has 30 heavy (non-hydrogen) atoms. The van der Waals surface area contributed by atoms with Crippen molar-refractivity contribution < 1.29 is 23.1 Å². The van der Waals surface area contributed by atoms with E-state index in [1.54, 1.807) is 24.3 Å². The van der Waals surface area contributed by atoms with Gasteiger partial charge in [-0.05, 0) is 37.1 Å². The van der Waals surface area contributed by atoms with Crippen molar-refractivity contribution in [3.8, 4) is 0 Å². The Bertz CT molecular complexity index is 1120. The number of anilines is 3. The fraction of sp³-hybridized carbons (Fsp3) is 0.300. The van der Waals surface area contributed by atoms with Crippen molar-refractivity contribution in [3.63, 3.8) is 0 Å². The summed E-state index contributed by atoms with van der Waals surface area (Å²) < 4.78 is 24.3. The predicted molar refractivity (Wildman–Crippen MR) is 107 cm³/mol. The summed E-state index contributed by atoms with van der Waals surface area (Å²) in [6.45, 7) is 0. The molecule has 1 amide bonds. The molecule has 0 spiro atoms. The zero-order chi connectivity index (χ0) is 21.3. The van der Waals surface area contributed by atoms with Gasteiger partial charge in [0.05, 0.1) is 19.2 Å². The number of hydrogen-bond donors (Lipinski definition) is 3. The summed E-state index contributed by atoms with van der Waals surface area (Å²) in [5.74, 6) is -1.69. The van der Waals surface area contributed by atoms with E-state index in [1.807, 2.05) is 0 Å². The van der Waals surface area contributed by atoms with Gasteiger partial charge >= 0.3 is 5.97 Å². The van der Waals surface area contributed by atoms with Crippen LogP contribution in [0.1, 0.15) is 29.8 Å². The van der Waals surface area contributed by atoms with Crippen molar-refractivity contribution in [1.29, 1.82) is 0 Å². The molecule has 0 radical (unpaired) electrons. The van der Waals surface area contributed by atoms with Crippen molar-refractivity contribution >= 4 is 40.3 Å². The van der Waals surface area contributed by atoms with Gasteiger partial charge in [0.25, 0.3) is 0 Å². The first-order chi connectivity index (χ1) is 14.4. The standard InChI is InChI=1S/C20H20FN5O4/c1-29-19(28)16-8-10-7-11(5-6-15(10)30-16)24-20-23-9-13(21)18(26-20)25-14-4-2-3-12(14)17(22)27/h5-9,12,14H,2-4H2,1H3,(H2,22,27)(H2,23,24,25,26)/t12-,14+/m1/s1. The second-order valence-electron chi connectivity index (χ2n) is 7.06. The van der Waals surface area contributed by atoms with Gasteiger partial charge in [0, 0.05) is 17.1 Å². The maximum Gasteiger partial charge on any atom is 0.373 e. The monoisotopic (exact) mass is 413 g/mol. The number of ether oxygens (including phenoxy) is 1. The Morgan fingerprint density at radius 1 is 1.30 bits per heavy atom. The molecule has 0 unspecified atom stereocenters. The molecule has 0 aliphatic heterocycles. The molecule has 0 bridgehead atoms. The molecular formula is C20H20FN5O4. The second-order valence-corrected chi connectivity index (χ2v) is 7.06. The normalized spacial score (nSPS) is 18.3. The van der Waals surface area contributed by atoms with E-state index in [0.717, 1.165) is 12.6 Å². The maximum atomic E-state index is 14.2. The molecule has 10 heteroatoms. The highest BCUT2D eigenvalue weighted by atomic mass is 19.1. The Balaban J connectivity index is 1.54. The zero-order valence-corrected chi connectivity index (χ0v) is 16.1. The van der Waals surface area contributed by atoms with Crippen molar-refractivity contribution in [2.75, 3.05) is 17.7 Å². The van der Waals surface area contributed by atoms with Crippen LogP contribution in [0.2, 0.25) is 0 Å². The van der Waals surface area contributed by atoms with E-state index in [-0.39, 0.29) is 29.5 Å². The summed E-state index contributed by atoms with van der Waals surface area (Å²) in [5, 5.41) is 6.66. The molecule has 9 nitrogen and oxygen atoms in total. The highest BCUT2D eigenvalue weighted by Crippen LogP contribution is 2.29. The lowest BCUT2D eigenvalue weighted by molar-refractivity contribution is -0.121. The van der Waals surface area contributed by atoms with Gasteiger partial charge in [-0.2, -0.15) is 4.98 Å². The van der Waals surface area contributed by atoms with Crippen LogP contribution in [0.15, 0.2) is 34.9 Å². The number of rotatable bonds is 6. The number of furan rings is 1. The Labute approximate surface area is 170 Å². The topological polar surface area (TPSA) is 132 Å². The van der Waals surface area contributed by atoms with Gasteiger partial charge < -0.3 is 25.5 Å². The lowest BCUT2D eigenvalue weighted by Gasteiger charge is -2.19. The molecule has 1 aliphatic rings. The van der Waals surface area contributed by atoms with Gasteiger partial charge in [0.2, 0.25) is 17.6 Å². The Morgan fingerprint density at radius 3 is 2.90 bits per heavy atom. The minimum atomic E-state index is -0.622. The summed E-state index contributed by atoms with van der Waals surface area (Å²) >= 11 is 0. The minimum absolute atomic E-state index is 0.00279. The summed E-state index contributed by atoms with van der Waals surface area (Å²) in [7, 11) is 1.28. The van der Waals surface area contributed by atoms with E-state index in [1.165, 1.54) is 7.11 Å². The van der Waals surface area contributed by atoms with Gasteiger partial charge in [0.15, 0.2) is 11.6 Å². The summed E-state index contributed by atoms with van der Waals surface area (Å²) in [6.07, 6.45) is 3.27. The van der Waals surface area contributed by atoms with Crippen LogP contribution < -0.4 is 16.4 Å². The molecule has 1 aromatic carbocycles. The van der Waals surface area contributed by atoms with Crippen LogP contribution >= 0.6 is 0 Å². The number of nitrogens with two attached hydrogens (primary N) is 1. The number of esters is 1. The average Bonchev–Trinajstić information content (AvgIpc) is 3.36. The fourth-order valence-corrected chi connectivity index (χ4v) is 3.63. The van der Waals surface area contributed by atoms with Gasteiger partial charge in [-0.15, -0.1) is 0 Å². The molecule has 1 fully saturated rings. The predicted octanol–water partition coefficient (Wildman–Crippen LogP) is 2.96. The number of carbonyl (C=O) groups excluding carboxylic acids is 2. The number of hydrogen-bond acceptors (Lipinski definition) is 8. The molecule has 2 atom stereocenters. The molecule has 156 valence electrons. The first-order valence-electron chi connectivity index (χ1n) is 9.42. The Hall–Kier alpha value is -3.69. The van der Waals surface area contributed by atoms with Gasteiger partial charge in [-0.25, -0.2) is 14.2 Å². The molecule has 1 saturated carbocycles. The number of carbonyl (C=O) groups is 2. The van der Waals surface area contributed by atoms with Crippen molar-refractivity contribution in [2.45, 2.75) is 25.3 Å². The summed E-state index contributed by atoms with van der Waals surface area (Å²) in [5.41, 5.74) is 6.57. The number of fused-ring (bicyclic) bond motifs is 1. The lowest BCUT2D eigenvalue weighted by atomic mass is 10.0. The van der Waals surface area contributed by atoms with Crippen LogP contribution in [0.5, 0.6) is 0 Å². The van der Waals surface area contributed by atoms with E-state index in [0.29, 0.717) is 29.5 Å². The van der Waals surface area contributed by atoms with Crippen LogP contribution in [0, 0.1) is 11.7 Å². The number of benzene rings is 1. The van der Waals surface area contributed by atoms with Crippen molar-refractivity contribution in [2.24, 2.45) is 11.7 Å². The van der Waals surface area contributed by atoms with E-state index >= 15 is 0 Å². The summed E-state index contributed by atoms with van der Waals surface area (Å²) in [4.78, 5) is 31.3. The Morgan fingerprint density at radius 2 is 2.13 bits per heavy atom. The quantitative estimate of drug-likeness (QED) is 0.526. The van der Waals surface area contributed by atoms with Crippen LogP contribution in [0.4, 0.5) is 21.8 Å². The molecule has 3 aromatic rings. The van der Waals surface area contributed by atoms with Gasteiger partial charge in [-0.3, -0.25) is 4.79 Å². The summed E-state index contributed by atoms with van der Waals surface area (Å²) in [6, 6.07) is 6.44. The number of amides is 1. The van der Waals surface area contributed by atoms with E-state index in [9.17, 15) is 14.0 Å². The third-order valence-corrected chi connectivity index (χ3v) is 5.11. The van der Waals surface area contributed by atoms with Gasteiger partial charge in [-0.1, -0.05) is 6.42 Å². The van der Waals surface area contributed by atoms with E-state index < -0.39 is 17.7 Å². The number of nitrogens with one attached hydrogen (secondary N) is 2. The molecule has 2 heterocycles. The maximum absolute atomic E-state index is 14.2. The fourth-order valence-electron chi connectivity index (χ4n) is 3.63. The van der Waals surface area contributed by atoms with Crippen molar-refractivity contribution in [3.05, 3.63) is 42.0 Å². The minimum Gasteiger partial charge on any atom is -0.463 e. The first kappa shape index (κ1) is 19.6. The molecule has 1 aliphatic carbocycles. The van der Waals surface area contributed by atoms with E-state index in [4.69, 9.17) is 10.2 Å². The van der Waals surface area contributed by atoms with E-state index in [2.05, 4.69) is 25.3 Å². The first-order valence-corrected chi connectivity index (χ1v) is 9.42. The molecule has 2 aromatic heterocycles. The number of primary amides is 1. The second kappa shape index (κ2) is 7.97. The van der Waals surface area contributed by atoms with Gasteiger partial charge in [0.1, 0.15) is 5.58 Å². The number of nitrogens with zero attached hydrogens (tertiary/aromatic N) is 2. The molecule has 4 rings (SSSR count). The van der Waals surface area contributed by atoms with Crippen LogP contribution in [0.25, 0.3) is 11.0 Å². The number of methoxy groups -OCH3 is 1. The molecular weight excluding hydrogens is 393 g/mol. The van der Waals surface area contributed by atoms with Crippen LogP contribution in [-0.4, -0.2) is 35.0 Å². The Kier molecular flexibility index (Phi) is 5.21. The van der Waals surface area contributed by atoms with Crippen LogP contribution in [0.3, 0.4) is 0 Å². The average molecular weight is 413 g/mol. The lowest BCUT2D eigenvalue weighted by Crippen LogP contribution is -2.34. The van der Waals surface area contributed by atoms with Crippen molar-refractivity contribution in [1.82, 2.24) is 9.97 Å².